The number of aryl methyl sites for hydroxylation is 1. The van der Waals surface area contributed by atoms with Crippen LogP contribution in [0.4, 0.5) is 4.39 Å². The van der Waals surface area contributed by atoms with Gasteiger partial charge in [0.2, 0.25) is 5.91 Å². The second kappa shape index (κ2) is 8.04. The number of halogens is 1. The summed E-state index contributed by atoms with van der Waals surface area (Å²) in [5.41, 5.74) is 1.13. The Bertz CT molecular complexity index is 572. The summed E-state index contributed by atoms with van der Waals surface area (Å²) >= 11 is 0. The van der Waals surface area contributed by atoms with Crippen LogP contribution in [0.2, 0.25) is 0 Å². The number of carbonyl (C=O) groups excluding carboxylic acids is 1. The zero-order valence-corrected chi connectivity index (χ0v) is 11.7. The van der Waals surface area contributed by atoms with Gasteiger partial charge in [-0.05, 0) is 24.1 Å². The number of hydrogen-bond donors (Lipinski definition) is 1. The quantitative estimate of drug-likeness (QED) is 0.795. The maximum atomic E-state index is 13.3. The Morgan fingerprint density at radius 3 is 2.52 bits per heavy atom. The highest BCUT2D eigenvalue weighted by Gasteiger charge is 2.03. The lowest BCUT2D eigenvalue weighted by molar-refractivity contribution is -0.121. The summed E-state index contributed by atoms with van der Waals surface area (Å²) in [4.78, 5) is 11.7. The molecule has 2 aromatic rings. The van der Waals surface area contributed by atoms with E-state index in [4.69, 9.17) is 4.74 Å². The van der Waals surface area contributed by atoms with Crippen molar-refractivity contribution in [3.05, 3.63) is 66.0 Å². The first-order valence-corrected chi connectivity index (χ1v) is 6.93. The molecule has 3 nitrogen and oxygen atoms in total. The van der Waals surface area contributed by atoms with Crippen LogP contribution in [0.25, 0.3) is 0 Å². The Hall–Kier alpha value is -2.36. The van der Waals surface area contributed by atoms with Gasteiger partial charge in [-0.3, -0.25) is 4.79 Å². The second-order valence-corrected chi connectivity index (χ2v) is 4.61. The summed E-state index contributed by atoms with van der Waals surface area (Å²) in [6.07, 6.45) is 1.14. The molecule has 0 aromatic heterocycles. The van der Waals surface area contributed by atoms with E-state index in [1.54, 1.807) is 18.2 Å². The first kappa shape index (κ1) is 15.0. The predicted octanol–water partition coefficient (Wildman–Crippen LogP) is 2.95. The van der Waals surface area contributed by atoms with Crippen LogP contribution in [0, 0.1) is 5.82 Å². The number of rotatable bonds is 7. The molecule has 0 unspecified atom stereocenters. The monoisotopic (exact) mass is 287 g/mol. The van der Waals surface area contributed by atoms with Gasteiger partial charge in [0.15, 0.2) is 11.6 Å². The van der Waals surface area contributed by atoms with Gasteiger partial charge in [-0.1, -0.05) is 42.5 Å². The molecule has 0 atom stereocenters. The maximum absolute atomic E-state index is 13.3. The van der Waals surface area contributed by atoms with Crippen LogP contribution < -0.4 is 10.1 Å². The van der Waals surface area contributed by atoms with Gasteiger partial charge in [0.1, 0.15) is 6.61 Å². The van der Waals surface area contributed by atoms with Crippen LogP contribution in [-0.4, -0.2) is 19.1 Å². The fourth-order valence-corrected chi connectivity index (χ4v) is 1.90. The van der Waals surface area contributed by atoms with Gasteiger partial charge in [0, 0.05) is 6.42 Å². The molecular weight excluding hydrogens is 269 g/mol. The van der Waals surface area contributed by atoms with E-state index in [1.165, 1.54) is 6.07 Å². The van der Waals surface area contributed by atoms with E-state index in [9.17, 15) is 9.18 Å². The molecule has 0 aliphatic carbocycles. The molecule has 1 N–H and O–H groups in total. The van der Waals surface area contributed by atoms with Gasteiger partial charge in [-0.2, -0.15) is 0 Å². The number of para-hydroxylation sites is 1. The summed E-state index contributed by atoms with van der Waals surface area (Å²) in [6, 6.07) is 16.1. The minimum absolute atomic E-state index is 0.0315. The first-order valence-electron chi connectivity index (χ1n) is 6.93. The molecule has 0 fully saturated rings. The minimum Gasteiger partial charge on any atom is -0.489 e. The molecule has 0 radical (unpaired) electrons. The van der Waals surface area contributed by atoms with Crippen molar-refractivity contribution < 1.29 is 13.9 Å². The summed E-state index contributed by atoms with van der Waals surface area (Å²) < 4.78 is 18.5. The highest BCUT2D eigenvalue weighted by molar-refractivity contribution is 5.76. The normalized spacial score (nSPS) is 10.1. The highest BCUT2D eigenvalue weighted by atomic mass is 19.1. The van der Waals surface area contributed by atoms with E-state index >= 15 is 0 Å². The van der Waals surface area contributed by atoms with Crippen molar-refractivity contribution in [3.8, 4) is 5.75 Å². The third-order valence-corrected chi connectivity index (χ3v) is 3.00. The third-order valence-electron chi connectivity index (χ3n) is 3.00. The standard InChI is InChI=1S/C17H18FNO2/c18-15-8-4-5-9-16(15)21-13-12-19-17(20)11-10-14-6-2-1-3-7-14/h1-9H,10-13H2,(H,19,20). The fourth-order valence-electron chi connectivity index (χ4n) is 1.90. The van der Waals surface area contributed by atoms with E-state index < -0.39 is 5.82 Å². The molecule has 21 heavy (non-hydrogen) atoms. The van der Waals surface area contributed by atoms with Gasteiger partial charge < -0.3 is 10.1 Å². The number of nitrogens with one attached hydrogen (secondary N) is 1. The Morgan fingerprint density at radius 2 is 1.76 bits per heavy atom. The average molecular weight is 287 g/mol. The molecule has 2 rings (SSSR count). The molecule has 0 aliphatic rings. The molecule has 0 heterocycles. The molecule has 0 bridgehead atoms. The Labute approximate surface area is 123 Å². The van der Waals surface area contributed by atoms with Crippen LogP contribution in [0.5, 0.6) is 5.75 Å². The van der Waals surface area contributed by atoms with Gasteiger partial charge in [0.05, 0.1) is 6.54 Å². The highest BCUT2D eigenvalue weighted by Crippen LogP contribution is 2.14. The molecule has 0 aliphatic heterocycles. The minimum atomic E-state index is -0.395. The smallest absolute Gasteiger partial charge is 0.220 e. The number of benzene rings is 2. The fraction of sp³-hybridized carbons (Fsp3) is 0.235. The lowest BCUT2D eigenvalue weighted by atomic mass is 10.1. The van der Waals surface area contributed by atoms with Gasteiger partial charge >= 0.3 is 0 Å². The molecule has 110 valence electrons. The van der Waals surface area contributed by atoms with Crippen LogP contribution >= 0.6 is 0 Å². The Morgan fingerprint density at radius 1 is 1.05 bits per heavy atom. The van der Waals surface area contributed by atoms with Crippen LogP contribution in [0.15, 0.2) is 54.6 Å². The first-order chi connectivity index (χ1) is 10.3. The Kier molecular flexibility index (Phi) is 5.76. The van der Waals surface area contributed by atoms with Gasteiger partial charge in [0.25, 0.3) is 0 Å². The van der Waals surface area contributed by atoms with Crippen molar-refractivity contribution in [2.75, 3.05) is 13.2 Å². The van der Waals surface area contributed by atoms with E-state index in [0.29, 0.717) is 19.4 Å². The molecule has 0 saturated heterocycles. The van der Waals surface area contributed by atoms with Crippen molar-refractivity contribution in [2.24, 2.45) is 0 Å². The largest absolute Gasteiger partial charge is 0.489 e. The molecular formula is C17H18FNO2. The van der Waals surface area contributed by atoms with Crippen molar-refractivity contribution in [3.63, 3.8) is 0 Å². The summed E-state index contributed by atoms with van der Waals surface area (Å²) in [5.74, 6) is -0.222. The van der Waals surface area contributed by atoms with Gasteiger partial charge in [-0.15, -0.1) is 0 Å². The molecule has 0 spiro atoms. The van der Waals surface area contributed by atoms with Crippen molar-refractivity contribution >= 4 is 5.91 Å². The zero-order valence-electron chi connectivity index (χ0n) is 11.7. The van der Waals surface area contributed by atoms with Crippen molar-refractivity contribution in [1.29, 1.82) is 0 Å². The molecule has 1 amide bonds. The summed E-state index contributed by atoms with van der Waals surface area (Å²) in [7, 11) is 0. The maximum Gasteiger partial charge on any atom is 0.220 e. The molecule has 4 heteroatoms. The topological polar surface area (TPSA) is 38.3 Å². The van der Waals surface area contributed by atoms with Crippen molar-refractivity contribution in [2.45, 2.75) is 12.8 Å². The SMILES string of the molecule is O=C(CCc1ccccc1)NCCOc1ccccc1F. The predicted molar refractivity (Wildman–Crippen MR) is 79.7 cm³/mol. The summed E-state index contributed by atoms with van der Waals surface area (Å²) in [6.45, 7) is 0.611. The number of amides is 1. The van der Waals surface area contributed by atoms with Crippen LogP contribution in [-0.2, 0) is 11.2 Å². The lowest BCUT2D eigenvalue weighted by Crippen LogP contribution is -2.28. The van der Waals surface area contributed by atoms with E-state index in [-0.39, 0.29) is 18.3 Å². The molecule has 0 saturated carbocycles. The third kappa shape index (κ3) is 5.26. The zero-order chi connectivity index (χ0) is 14.9. The van der Waals surface area contributed by atoms with E-state index in [1.807, 2.05) is 30.3 Å². The number of hydrogen-bond acceptors (Lipinski definition) is 2. The number of ether oxygens (including phenoxy) is 1. The van der Waals surface area contributed by atoms with E-state index in [0.717, 1.165) is 5.56 Å². The molecule has 2 aromatic carbocycles. The Balaban J connectivity index is 1.62. The van der Waals surface area contributed by atoms with Gasteiger partial charge in [-0.25, -0.2) is 4.39 Å². The lowest BCUT2D eigenvalue weighted by Gasteiger charge is -2.08. The van der Waals surface area contributed by atoms with Crippen LogP contribution in [0.1, 0.15) is 12.0 Å². The number of carbonyl (C=O) groups is 1. The van der Waals surface area contributed by atoms with E-state index in [2.05, 4.69) is 5.32 Å². The summed E-state index contributed by atoms with van der Waals surface area (Å²) in [5, 5.41) is 2.76. The van der Waals surface area contributed by atoms with Crippen LogP contribution in [0.3, 0.4) is 0 Å². The van der Waals surface area contributed by atoms with Crippen molar-refractivity contribution in [1.82, 2.24) is 5.32 Å². The second-order valence-electron chi connectivity index (χ2n) is 4.61. The average Bonchev–Trinajstić information content (AvgIpc) is 2.52.